The molecule has 2 heterocycles. The van der Waals surface area contributed by atoms with Crippen molar-refractivity contribution >= 4 is 22.1 Å². The Morgan fingerprint density at radius 3 is 1.00 bits per heavy atom. The SMILES string of the molecule is O=c1n(-c2ccccc2)c2ccccc2n1-c1ccc2c(c1)C1(c3ccccc3-c3ccccc31)c1cc(-n3c(=O)n(-c4ccccc4)c4ccccc43)ccc1-2. The minimum atomic E-state index is -0.716. The van der Waals surface area contributed by atoms with Gasteiger partial charge in [0.15, 0.2) is 0 Å². The Balaban J connectivity index is 1.15. The second-order valence-corrected chi connectivity index (χ2v) is 14.9. The Labute approximate surface area is 327 Å². The Morgan fingerprint density at radius 1 is 0.281 bits per heavy atom. The van der Waals surface area contributed by atoms with Crippen LogP contribution < -0.4 is 11.4 Å². The number of para-hydroxylation sites is 6. The van der Waals surface area contributed by atoms with Crippen molar-refractivity contribution < 1.29 is 0 Å². The third kappa shape index (κ3) is 4.13. The third-order valence-electron chi connectivity index (χ3n) is 12.1. The van der Waals surface area contributed by atoms with Gasteiger partial charge in [0.25, 0.3) is 0 Å². The lowest BCUT2D eigenvalue weighted by molar-refractivity contribution is 0.789. The van der Waals surface area contributed by atoms with E-state index in [2.05, 4.69) is 84.9 Å². The molecule has 1 spiro atoms. The first-order valence-corrected chi connectivity index (χ1v) is 19.2. The molecule has 268 valence electrons. The molecule has 2 aromatic heterocycles. The highest BCUT2D eigenvalue weighted by Gasteiger charge is 2.52. The van der Waals surface area contributed by atoms with Crippen molar-refractivity contribution in [1.29, 1.82) is 0 Å². The van der Waals surface area contributed by atoms with Gasteiger partial charge in [0.1, 0.15) is 0 Å². The summed E-state index contributed by atoms with van der Waals surface area (Å²) in [4.78, 5) is 29.3. The van der Waals surface area contributed by atoms with Crippen LogP contribution in [0.2, 0.25) is 0 Å². The van der Waals surface area contributed by atoms with E-state index in [0.29, 0.717) is 0 Å². The molecule has 0 aliphatic heterocycles. The van der Waals surface area contributed by atoms with E-state index in [9.17, 15) is 9.59 Å². The molecule has 0 bridgehead atoms. The average molecular weight is 733 g/mol. The van der Waals surface area contributed by atoms with Gasteiger partial charge in [0.2, 0.25) is 0 Å². The van der Waals surface area contributed by atoms with Gasteiger partial charge in [0, 0.05) is 0 Å². The van der Waals surface area contributed by atoms with Gasteiger partial charge in [-0.25, -0.2) is 9.59 Å². The molecule has 0 radical (unpaired) electrons. The molecule has 6 heteroatoms. The molecule has 6 nitrogen and oxygen atoms in total. The Bertz CT molecular complexity index is 3170. The number of benzene rings is 8. The predicted octanol–water partition coefficient (Wildman–Crippen LogP) is 10.2. The number of hydrogen-bond acceptors (Lipinski definition) is 2. The zero-order chi connectivity index (χ0) is 37.8. The van der Waals surface area contributed by atoms with Crippen LogP contribution in [0.1, 0.15) is 22.3 Å². The minimum Gasteiger partial charge on any atom is -0.260 e. The number of fused-ring (bicyclic) bond motifs is 12. The van der Waals surface area contributed by atoms with Crippen LogP contribution in [-0.4, -0.2) is 18.3 Å². The highest BCUT2D eigenvalue weighted by molar-refractivity contribution is 5.96. The summed E-state index contributed by atoms with van der Waals surface area (Å²) < 4.78 is 7.28. The molecule has 10 aromatic rings. The fraction of sp³-hybridized carbons (Fsp3) is 0.0196. The summed E-state index contributed by atoms with van der Waals surface area (Å²) in [7, 11) is 0. The molecule has 8 aromatic carbocycles. The predicted molar refractivity (Wildman–Crippen MR) is 228 cm³/mol. The van der Waals surface area contributed by atoms with Crippen molar-refractivity contribution in [2.75, 3.05) is 0 Å². The average Bonchev–Trinajstić information content (AvgIpc) is 3.94. The van der Waals surface area contributed by atoms with Crippen molar-refractivity contribution in [3.63, 3.8) is 0 Å². The molecule has 0 saturated heterocycles. The van der Waals surface area contributed by atoms with Crippen molar-refractivity contribution in [2.45, 2.75) is 5.41 Å². The van der Waals surface area contributed by atoms with E-state index in [1.54, 1.807) is 9.13 Å². The van der Waals surface area contributed by atoms with Gasteiger partial charge in [-0.2, -0.15) is 0 Å². The molecular weight excluding hydrogens is 701 g/mol. The van der Waals surface area contributed by atoms with Gasteiger partial charge < -0.3 is 0 Å². The van der Waals surface area contributed by atoms with Crippen LogP contribution in [0.4, 0.5) is 0 Å². The maximum Gasteiger partial charge on any atom is 0.338 e. The van der Waals surface area contributed by atoms with Crippen LogP contribution in [0.15, 0.2) is 204 Å². The summed E-state index contributed by atoms with van der Waals surface area (Å²) in [5.41, 5.74) is 14.7. The zero-order valence-corrected chi connectivity index (χ0v) is 30.6. The van der Waals surface area contributed by atoms with E-state index in [0.717, 1.165) is 67.1 Å². The molecule has 0 amide bonds. The maximum absolute atomic E-state index is 14.7. The van der Waals surface area contributed by atoms with Crippen LogP contribution >= 0.6 is 0 Å². The molecule has 12 rings (SSSR count). The molecule has 0 unspecified atom stereocenters. The number of nitrogens with zero attached hydrogens (tertiary/aromatic N) is 4. The number of rotatable bonds is 4. The zero-order valence-electron chi connectivity index (χ0n) is 30.6. The van der Waals surface area contributed by atoms with Crippen molar-refractivity contribution in [1.82, 2.24) is 18.3 Å². The monoisotopic (exact) mass is 732 g/mol. The first-order valence-electron chi connectivity index (χ1n) is 19.2. The van der Waals surface area contributed by atoms with E-state index in [-0.39, 0.29) is 11.4 Å². The van der Waals surface area contributed by atoms with Gasteiger partial charge in [-0.15, -0.1) is 0 Å². The van der Waals surface area contributed by atoms with Gasteiger partial charge in [0.05, 0.1) is 50.2 Å². The summed E-state index contributed by atoms with van der Waals surface area (Å²) in [5, 5.41) is 0. The highest BCUT2D eigenvalue weighted by atomic mass is 16.2. The van der Waals surface area contributed by atoms with Crippen molar-refractivity contribution in [2.24, 2.45) is 0 Å². The molecule has 57 heavy (non-hydrogen) atoms. The van der Waals surface area contributed by atoms with Gasteiger partial charge in [-0.1, -0.05) is 121 Å². The van der Waals surface area contributed by atoms with Crippen molar-refractivity contribution in [3.05, 3.63) is 237 Å². The normalized spacial score (nSPS) is 13.2. The van der Waals surface area contributed by atoms with Crippen LogP contribution in [-0.2, 0) is 5.41 Å². The van der Waals surface area contributed by atoms with Gasteiger partial charge in [-0.3, -0.25) is 18.3 Å². The minimum absolute atomic E-state index is 0.129. The van der Waals surface area contributed by atoms with E-state index < -0.39 is 5.41 Å². The number of imidazole rings is 2. The van der Waals surface area contributed by atoms with Crippen LogP contribution in [0.3, 0.4) is 0 Å². The molecule has 2 aliphatic rings. The molecule has 0 atom stereocenters. The lowest BCUT2D eigenvalue weighted by Crippen LogP contribution is -2.27. The fourth-order valence-corrected chi connectivity index (χ4v) is 9.84. The first kappa shape index (κ1) is 31.6. The fourth-order valence-electron chi connectivity index (χ4n) is 9.84. The topological polar surface area (TPSA) is 53.9 Å². The quantitative estimate of drug-likeness (QED) is 0.181. The smallest absolute Gasteiger partial charge is 0.260 e. The van der Waals surface area contributed by atoms with E-state index >= 15 is 0 Å². The van der Waals surface area contributed by atoms with Crippen LogP contribution in [0.25, 0.3) is 67.1 Å². The van der Waals surface area contributed by atoms with Gasteiger partial charge in [-0.05, 0) is 117 Å². The summed E-state index contributed by atoms with van der Waals surface area (Å²) >= 11 is 0. The second kappa shape index (κ2) is 11.7. The molecule has 0 N–H and O–H groups in total. The van der Waals surface area contributed by atoms with Crippen LogP contribution in [0, 0.1) is 0 Å². The largest absolute Gasteiger partial charge is 0.338 e. The standard InChI is InChI=1S/C51H32N4O2/c56-49-52(33-15-3-1-4-16-33)45-23-11-13-25-47(45)54(49)35-27-29-39-40-30-28-36(55-48-26-14-12-24-46(48)53(50(55)57)34-17-5-2-6-18-34)32-44(40)51(43(39)31-35)41-21-9-7-19-37(41)38-20-8-10-22-42(38)51/h1-32H. The maximum atomic E-state index is 14.7. The Kier molecular flexibility index (Phi) is 6.47. The lowest BCUT2D eigenvalue weighted by Gasteiger charge is -2.31. The summed E-state index contributed by atoms with van der Waals surface area (Å²) in [6.07, 6.45) is 0. The highest BCUT2D eigenvalue weighted by Crippen LogP contribution is 2.63. The second-order valence-electron chi connectivity index (χ2n) is 14.9. The molecule has 0 fully saturated rings. The van der Waals surface area contributed by atoms with Crippen molar-refractivity contribution in [3.8, 4) is 45.0 Å². The third-order valence-corrected chi connectivity index (χ3v) is 12.1. The summed E-state index contributed by atoms with van der Waals surface area (Å²) in [6.45, 7) is 0. The van der Waals surface area contributed by atoms with Crippen LogP contribution in [0.5, 0.6) is 0 Å². The Hall–Kier alpha value is -7.70. The van der Waals surface area contributed by atoms with E-state index in [1.165, 1.54) is 22.3 Å². The molecule has 0 saturated carbocycles. The lowest BCUT2D eigenvalue weighted by atomic mass is 9.70. The van der Waals surface area contributed by atoms with Gasteiger partial charge >= 0.3 is 11.4 Å². The molecular formula is C51H32N4O2. The first-order chi connectivity index (χ1) is 28.1. The van der Waals surface area contributed by atoms with E-state index in [4.69, 9.17) is 0 Å². The summed E-state index contributed by atoms with van der Waals surface area (Å²) in [5.74, 6) is 0. The van der Waals surface area contributed by atoms with E-state index in [1.807, 2.05) is 118 Å². The summed E-state index contributed by atoms with van der Waals surface area (Å²) in [6, 6.07) is 65.9. The number of hydrogen-bond donors (Lipinski definition) is 0. The molecule has 2 aliphatic carbocycles. The Morgan fingerprint density at radius 2 is 0.596 bits per heavy atom. The number of aromatic nitrogens is 4.